The number of nitrogens with zero attached hydrogens (tertiary/aromatic N) is 3. The van der Waals surface area contributed by atoms with Gasteiger partial charge in [-0.15, -0.1) is 11.3 Å². The molecule has 1 aliphatic heterocycles. The molecule has 0 radical (unpaired) electrons. The smallest absolute Gasteiger partial charge is 0.341 e. The van der Waals surface area contributed by atoms with Crippen LogP contribution in [0.15, 0.2) is 59.6 Å². The average molecular weight is 476 g/mol. The number of hydrogen-bond acceptors (Lipinski definition) is 6. The van der Waals surface area contributed by atoms with Crippen LogP contribution in [0.4, 0.5) is 10.7 Å². The molecule has 1 aromatic heterocycles. The second-order valence-corrected chi connectivity index (χ2v) is 9.46. The molecule has 3 aromatic rings. The fourth-order valence-corrected chi connectivity index (χ4v) is 5.64. The lowest BCUT2D eigenvalue weighted by Crippen LogP contribution is -2.29. The first kappa shape index (κ1) is 24.2. The first-order valence-corrected chi connectivity index (χ1v) is 12.9. The molecule has 4 rings (SSSR count). The van der Waals surface area contributed by atoms with Gasteiger partial charge in [0.05, 0.1) is 12.2 Å². The quantitative estimate of drug-likeness (QED) is 0.278. The van der Waals surface area contributed by atoms with Crippen LogP contribution in [-0.4, -0.2) is 43.3 Å². The van der Waals surface area contributed by atoms with Gasteiger partial charge in [0, 0.05) is 49.5 Å². The Kier molecular flexibility index (Phi) is 8.14. The lowest BCUT2D eigenvalue weighted by molar-refractivity contribution is 0.0526. The molecule has 2 aromatic carbocycles. The van der Waals surface area contributed by atoms with Crippen molar-refractivity contribution in [2.45, 2.75) is 40.3 Å². The Morgan fingerprint density at radius 3 is 2.50 bits per heavy atom. The Morgan fingerprint density at radius 2 is 1.82 bits per heavy atom. The predicted octanol–water partition coefficient (Wildman–Crippen LogP) is 6.08. The van der Waals surface area contributed by atoms with E-state index in [4.69, 9.17) is 9.73 Å². The highest BCUT2D eigenvalue weighted by atomic mass is 32.1. The minimum absolute atomic E-state index is 0.263. The third-order valence-corrected chi connectivity index (χ3v) is 7.32. The van der Waals surface area contributed by atoms with Crippen LogP contribution >= 0.6 is 11.3 Å². The van der Waals surface area contributed by atoms with Gasteiger partial charge in [0.1, 0.15) is 5.00 Å². The zero-order valence-electron chi connectivity index (χ0n) is 20.3. The summed E-state index contributed by atoms with van der Waals surface area (Å²) in [5.41, 5.74) is 5.29. The van der Waals surface area contributed by atoms with Crippen molar-refractivity contribution in [2.75, 3.05) is 31.1 Å². The van der Waals surface area contributed by atoms with Crippen LogP contribution < -0.4 is 4.90 Å². The molecule has 0 saturated carbocycles. The zero-order chi connectivity index (χ0) is 23.9. The van der Waals surface area contributed by atoms with Crippen molar-refractivity contribution < 1.29 is 9.53 Å². The molecule has 2 heterocycles. The molecule has 0 atom stereocenters. The van der Waals surface area contributed by atoms with E-state index >= 15 is 0 Å². The van der Waals surface area contributed by atoms with Gasteiger partial charge in [-0.25, -0.2) is 9.79 Å². The summed E-state index contributed by atoms with van der Waals surface area (Å²) in [5.74, 6) is -0.263. The number of esters is 1. The lowest BCUT2D eigenvalue weighted by atomic mass is 10.0. The van der Waals surface area contributed by atoms with Gasteiger partial charge < -0.3 is 9.64 Å². The SMILES string of the molecule is CCOC(=O)c1c(N=Cc2ccc(N(CC)CC)cc2)sc2c1CCN(Cc1ccccc1)C2. The summed E-state index contributed by atoms with van der Waals surface area (Å²) >= 11 is 1.62. The highest BCUT2D eigenvalue weighted by molar-refractivity contribution is 7.16. The van der Waals surface area contributed by atoms with Crippen LogP contribution in [0.25, 0.3) is 0 Å². The van der Waals surface area contributed by atoms with E-state index in [1.54, 1.807) is 11.3 Å². The Labute approximate surface area is 206 Å². The molecule has 0 unspecified atom stereocenters. The number of hydrogen-bond donors (Lipinski definition) is 0. The van der Waals surface area contributed by atoms with E-state index in [0.29, 0.717) is 12.2 Å². The zero-order valence-corrected chi connectivity index (χ0v) is 21.1. The molecule has 0 amide bonds. The fourth-order valence-electron chi connectivity index (χ4n) is 4.42. The Bertz CT molecular complexity index is 1120. The first-order valence-electron chi connectivity index (χ1n) is 12.1. The third-order valence-electron chi connectivity index (χ3n) is 6.20. The number of thiophene rings is 1. The van der Waals surface area contributed by atoms with Crippen molar-refractivity contribution in [1.29, 1.82) is 0 Å². The Balaban J connectivity index is 1.57. The third kappa shape index (κ3) is 5.57. The van der Waals surface area contributed by atoms with Gasteiger partial charge in [0.15, 0.2) is 0 Å². The summed E-state index contributed by atoms with van der Waals surface area (Å²) < 4.78 is 5.41. The molecule has 0 bridgehead atoms. The van der Waals surface area contributed by atoms with Gasteiger partial charge in [-0.3, -0.25) is 4.90 Å². The van der Waals surface area contributed by atoms with Crippen molar-refractivity contribution in [2.24, 2.45) is 4.99 Å². The maximum Gasteiger partial charge on any atom is 0.341 e. The maximum atomic E-state index is 12.9. The van der Waals surface area contributed by atoms with E-state index in [0.717, 1.165) is 55.3 Å². The highest BCUT2D eigenvalue weighted by Crippen LogP contribution is 2.39. The summed E-state index contributed by atoms with van der Waals surface area (Å²) in [6.07, 6.45) is 2.69. The number of ether oxygens (including phenoxy) is 1. The minimum Gasteiger partial charge on any atom is -0.462 e. The Morgan fingerprint density at radius 1 is 1.09 bits per heavy atom. The summed E-state index contributed by atoms with van der Waals surface area (Å²) in [6.45, 7) is 11.1. The number of anilines is 1. The standard InChI is InChI=1S/C28H33N3O2S/c1-4-31(5-2)23-14-12-21(13-15-23)18-29-27-26(28(32)33-6-3)24-16-17-30(20-25(24)34-27)19-22-10-8-7-9-11-22/h7-15,18H,4-6,16-17,19-20H2,1-3H3. The van der Waals surface area contributed by atoms with Gasteiger partial charge in [0.25, 0.3) is 0 Å². The molecule has 178 valence electrons. The minimum atomic E-state index is -0.263. The summed E-state index contributed by atoms with van der Waals surface area (Å²) in [7, 11) is 0. The van der Waals surface area contributed by atoms with Crippen LogP contribution in [0, 0.1) is 0 Å². The fraction of sp³-hybridized carbons (Fsp3) is 0.357. The number of aliphatic imine (C=N–C) groups is 1. The average Bonchev–Trinajstić information content (AvgIpc) is 3.23. The van der Waals surface area contributed by atoms with E-state index in [1.165, 1.54) is 16.1 Å². The molecule has 5 nitrogen and oxygen atoms in total. The van der Waals surface area contributed by atoms with E-state index in [1.807, 2.05) is 19.2 Å². The highest BCUT2D eigenvalue weighted by Gasteiger charge is 2.28. The van der Waals surface area contributed by atoms with Crippen molar-refractivity contribution in [3.63, 3.8) is 0 Å². The molecule has 6 heteroatoms. The lowest BCUT2D eigenvalue weighted by Gasteiger charge is -2.27. The second kappa shape index (κ2) is 11.4. The van der Waals surface area contributed by atoms with Crippen LogP contribution in [0.2, 0.25) is 0 Å². The summed E-state index contributed by atoms with van der Waals surface area (Å²) in [6, 6.07) is 18.9. The number of carbonyl (C=O) groups is 1. The number of benzene rings is 2. The van der Waals surface area contributed by atoms with Crippen LogP contribution in [-0.2, 0) is 24.2 Å². The van der Waals surface area contributed by atoms with Crippen LogP contribution in [0.3, 0.4) is 0 Å². The van der Waals surface area contributed by atoms with Gasteiger partial charge in [-0.1, -0.05) is 42.5 Å². The normalized spacial score (nSPS) is 13.7. The number of carbonyl (C=O) groups excluding carboxylic acids is 1. The van der Waals surface area contributed by atoms with Crippen molar-refractivity contribution in [3.8, 4) is 0 Å². The molecule has 0 spiro atoms. The molecule has 34 heavy (non-hydrogen) atoms. The largest absolute Gasteiger partial charge is 0.462 e. The Hall–Kier alpha value is -2.96. The van der Waals surface area contributed by atoms with E-state index < -0.39 is 0 Å². The number of rotatable bonds is 9. The molecular formula is C28H33N3O2S. The second-order valence-electron chi connectivity index (χ2n) is 8.37. The van der Waals surface area contributed by atoms with Crippen molar-refractivity contribution >= 4 is 34.2 Å². The van der Waals surface area contributed by atoms with Crippen molar-refractivity contribution in [1.82, 2.24) is 4.90 Å². The molecule has 0 N–H and O–H groups in total. The van der Waals surface area contributed by atoms with Gasteiger partial charge >= 0.3 is 5.97 Å². The summed E-state index contributed by atoms with van der Waals surface area (Å²) in [5, 5.41) is 0.748. The van der Waals surface area contributed by atoms with Crippen LogP contribution in [0.5, 0.6) is 0 Å². The van der Waals surface area contributed by atoms with Crippen molar-refractivity contribution in [3.05, 3.63) is 81.7 Å². The molecule has 0 fully saturated rings. The summed E-state index contributed by atoms with van der Waals surface area (Å²) in [4.78, 5) is 23.6. The monoisotopic (exact) mass is 475 g/mol. The molecule has 1 aliphatic rings. The van der Waals surface area contributed by atoms with E-state index in [9.17, 15) is 4.79 Å². The van der Waals surface area contributed by atoms with Gasteiger partial charge in [-0.2, -0.15) is 0 Å². The maximum absolute atomic E-state index is 12.9. The first-order chi connectivity index (χ1) is 16.6. The molecule has 0 aliphatic carbocycles. The predicted molar refractivity (Wildman–Crippen MR) is 142 cm³/mol. The van der Waals surface area contributed by atoms with E-state index in [2.05, 4.69) is 72.2 Å². The molecular weight excluding hydrogens is 442 g/mol. The van der Waals surface area contributed by atoms with Crippen LogP contribution in [0.1, 0.15) is 52.7 Å². The molecule has 0 saturated heterocycles. The number of fused-ring (bicyclic) bond motifs is 1. The van der Waals surface area contributed by atoms with Gasteiger partial charge in [0.2, 0.25) is 0 Å². The van der Waals surface area contributed by atoms with E-state index in [-0.39, 0.29) is 5.97 Å². The van der Waals surface area contributed by atoms with Gasteiger partial charge in [-0.05, 0) is 56.0 Å². The topological polar surface area (TPSA) is 45.1 Å².